The molecule has 0 radical (unpaired) electrons. The summed E-state index contributed by atoms with van der Waals surface area (Å²) in [5.41, 5.74) is 5.47. The Bertz CT molecular complexity index is 980. The number of anilines is 1. The zero-order chi connectivity index (χ0) is 19.0. The third-order valence-corrected chi connectivity index (χ3v) is 7.08. The molecule has 0 bridgehead atoms. The maximum atomic E-state index is 5.12. The molecule has 1 aliphatic carbocycles. The van der Waals surface area contributed by atoms with Crippen molar-refractivity contribution in [3.63, 3.8) is 0 Å². The molecule has 0 saturated carbocycles. The van der Waals surface area contributed by atoms with Crippen molar-refractivity contribution in [1.82, 2.24) is 15.0 Å². The van der Waals surface area contributed by atoms with Gasteiger partial charge in [0.1, 0.15) is 4.83 Å². The minimum absolute atomic E-state index is 0.866. The van der Waals surface area contributed by atoms with Crippen LogP contribution in [0.5, 0.6) is 0 Å². The summed E-state index contributed by atoms with van der Waals surface area (Å²) in [5, 5.41) is 2.18. The van der Waals surface area contributed by atoms with Crippen LogP contribution in [-0.4, -0.2) is 34.8 Å². The summed E-state index contributed by atoms with van der Waals surface area (Å²) in [6.45, 7) is 5.51. The first-order valence-corrected chi connectivity index (χ1v) is 12.1. The molecule has 4 rings (SSSR count). The van der Waals surface area contributed by atoms with Gasteiger partial charge >= 0.3 is 0 Å². The highest BCUT2D eigenvalue weighted by Crippen LogP contribution is 2.42. The molecule has 0 N–H and O–H groups in total. The van der Waals surface area contributed by atoms with E-state index in [9.17, 15) is 0 Å². The molecule has 144 valence electrons. The van der Waals surface area contributed by atoms with Crippen molar-refractivity contribution < 1.29 is 0 Å². The van der Waals surface area contributed by atoms with Gasteiger partial charge in [0.2, 0.25) is 0 Å². The molecule has 3 aromatic heterocycles. The number of thioether (sulfide) groups is 1. The topological polar surface area (TPSA) is 41.9 Å². The number of nitrogens with zero attached hydrogens (tertiary/aromatic N) is 4. The van der Waals surface area contributed by atoms with Gasteiger partial charge in [-0.15, -0.1) is 11.3 Å². The first-order chi connectivity index (χ1) is 13.2. The van der Waals surface area contributed by atoms with E-state index < -0.39 is 0 Å². The van der Waals surface area contributed by atoms with Crippen LogP contribution in [0.1, 0.15) is 56.4 Å². The van der Waals surface area contributed by atoms with Gasteiger partial charge in [-0.1, -0.05) is 38.5 Å². The number of hydrogen-bond acceptors (Lipinski definition) is 6. The number of unbranched alkanes of at least 4 members (excludes halogenated alkanes) is 1. The third-order valence-electron chi connectivity index (χ3n) is 5.46. The van der Waals surface area contributed by atoms with Crippen molar-refractivity contribution in [3.05, 3.63) is 16.8 Å². The summed E-state index contributed by atoms with van der Waals surface area (Å²) in [4.78, 5) is 18.4. The number of pyridine rings is 1. The average Bonchev–Trinajstić information content (AvgIpc) is 3.29. The minimum atomic E-state index is 0.866. The summed E-state index contributed by atoms with van der Waals surface area (Å²) in [5.74, 6) is 1.07. The van der Waals surface area contributed by atoms with Crippen LogP contribution in [0, 0.1) is 0 Å². The number of thiophene rings is 1. The van der Waals surface area contributed by atoms with Crippen LogP contribution < -0.4 is 4.90 Å². The van der Waals surface area contributed by atoms with Crippen LogP contribution in [0.4, 0.5) is 5.82 Å². The largest absolute Gasteiger partial charge is 0.358 e. The predicted octanol–water partition coefficient (Wildman–Crippen LogP) is 5.64. The molecule has 0 aliphatic heterocycles. The van der Waals surface area contributed by atoms with Gasteiger partial charge in [-0.25, -0.2) is 15.0 Å². The van der Waals surface area contributed by atoms with Gasteiger partial charge in [0, 0.05) is 24.7 Å². The van der Waals surface area contributed by atoms with Gasteiger partial charge in [0.15, 0.2) is 11.0 Å². The Morgan fingerprint density at radius 1 is 1.07 bits per heavy atom. The van der Waals surface area contributed by atoms with Crippen molar-refractivity contribution in [2.45, 2.75) is 63.9 Å². The van der Waals surface area contributed by atoms with Crippen molar-refractivity contribution in [1.29, 1.82) is 0 Å². The molecule has 3 heterocycles. The van der Waals surface area contributed by atoms with Crippen LogP contribution in [0.25, 0.3) is 20.4 Å². The second-order valence-electron chi connectivity index (χ2n) is 7.39. The predicted molar refractivity (Wildman–Crippen MR) is 119 cm³/mol. The molecule has 6 heteroatoms. The number of aromatic nitrogens is 3. The zero-order valence-corrected chi connectivity index (χ0v) is 18.4. The van der Waals surface area contributed by atoms with Gasteiger partial charge in [-0.3, -0.25) is 0 Å². The average molecular weight is 401 g/mol. The summed E-state index contributed by atoms with van der Waals surface area (Å²) in [7, 11) is 2.16. The van der Waals surface area contributed by atoms with E-state index in [2.05, 4.69) is 32.1 Å². The molecule has 27 heavy (non-hydrogen) atoms. The van der Waals surface area contributed by atoms with Gasteiger partial charge in [-0.05, 0) is 49.5 Å². The second-order valence-corrected chi connectivity index (χ2v) is 9.16. The highest BCUT2D eigenvalue weighted by Gasteiger charge is 2.25. The number of rotatable bonds is 7. The molecule has 0 aromatic carbocycles. The van der Waals surface area contributed by atoms with E-state index in [1.54, 1.807) is 23.1 Å². The Morgan fingerprint density at radius 2 is 1.89 bits per heavy atom. The molecular weight excluding hydrogens is 372 g/mol. The van der Waals surface area contributed by atoms with Crippen LogP contribution in [0.3, 0.4) is 0 Å². The Balaban J connectivity index is 1.98. The van der Waals surface area contributed by atoms with Crippen LogP contribution in [0.15, 0.2) is 5.16 Å². The fraction of sp³-hybridized carbons (Fsp3) is 0.571. The van der Waals surface area contributed by atoms with Crippen molar-refractivity contribution >= 4 is 49.3 Å². The summed E-state index contributed by atoms with van der Waals surface area (Å²) in [6, 6.07) is 0. The van der Waals surface area contributed by atoms with Crippen LogP contribution in [-0.2, 0) is 19.3 Å². The Kier molecular flexibility index (Phi) is 5.55. The lowest BCUT2D eigenvalue weighted by Gasteiger charge is -2.18. The van der Waals surface area contributed by atoms with Crippen LogP contribution in [0.2, 0.25) is 0 Å². The Morgan fingerprint density at radius 3 is 2.63 bits per heavy atom. The molecule has 4 nitrogen and oxygen atoms in total. The molecule has 0 amide bonds. The lowest BCUT2D eigenvalue weighted by molar-refractivity contribution is 0.756. The minimum Gasteiger partial charge on any atom is -0.358 e. The van der Waals surface area contributed by atoms with E-state index in [-0.39, 0.29) is 0 Å². The van der Waals surface area contributed by atoms with E-state index in [1.807, 2.05) is 0 Å². The summed E-state index contributed by atoms with van der Waals surface area (Å²) < 4.78 is 1.21. The summed E-state index contributed by atoms with van der Waals surface area (Å²) in [6.07, 6.45) is 10.2. The molecule has 0 spiro atoms. The lowest BCUT2D eigenvalue weighted by Crippen LogP contribution is -2.20. The highest BCUT2D eigenvalue weighted by atomic mass is 32.2. The maximum Gasteiger partial charge on any atom is 0.189 e. The smallest absolute Gasteiger partial charge is 0.189 e. The van der Waals surface area contributed by atoms with Crippen molar-refractivity contribution in [2.75, 3.05) is 24.7 Å². The zero-order valence-electron chi connectivity index (χ0n) is 16.8. The first-order valence-electron chi connectivity index (χ1n) is 10.1. The van der Waals surface area contributed by atoms with Crippen molar-refractivity contribution in [2.24, 2.45) is 0 Å². The molecule has 3 aromatic rings. The first kappa shape index (κ1) is 18.9. The SMILES string of the molecule is CCCCN(C)c1nc(SC)nc2c1sc1nc(CCC)c3c(c12)CCC3. The Labute approximate surface area is 169 Å². The second kappa shape index (κ2) is 7.92. The maximum absolute atomic E-state index is 5.12. The highest BCUT2D eigenvalue weighted by molar-refractivity contribution is 7.98. The van der Waals surface area contributed by atoms with Crippen molar-refractivity contribution in [3.8, 4) is 0 Å². The van der Waals surface area contributed by atoms with E-state index in [0.29, 0.717) is 0 Å². The fourth-order valence-corrected chi connectivity index (χ4v) is 5.67. The lowest BCUT2D eigenvalue weighted by atomic mass is 10.0. The number of hydrogen-bond donors (Lipinski definition) is 0. The van der Waals surface area contributed by atoms with Gasteiger partial charge in [-0.2, -0.15) is 0 Å². The van der Waals surface area contributed by atoms with Gasteiger partial charge < -0.3 is 4.90 Å². The molecular formula is C21H28N4S2. The van der Waals surface area contributed by atoms with E-state index in [1.165, 1.54) is 52.6 Å². The molecule has 0 fully saturated rings. The molecule has 0 unspecified atom stereocenters. The number of fused-ring (bicyclic) bond motifs is 5. The van der Waals surface area contributed by atoms with Gasteiger partial charge in [0.25, 0.3) is 0 Å². The Hall–Kier alpha value is -1.40. The van der Waals surface area contributed by atoms with E-state index in [0.717, 1.165) is 47.1 Å². The normalized spacial score (nSPS) is 13.6. The molecule has 0 saturated heterocycles. The monoisotopic (exact) mass is 400 g/mol. The summed E-state index contributed by atoms with van der Waals surface area (Å²) >= 11 is 3.42. The molecule has 0 atom stereocenters. The van der Waals surface area contributed by atoms with E-state index in [4.69, 9.17) is 15.0 Å². The standard InChI is InChI=1S/C21H28N4S2/c1-5-7-12-25(3)19-18-17(23-21(24-19)26-4)16-14-11-8-10-13(14)15(9-6-2)22-20(16)27-18/h5-12H2,1-4H3. The van der Waals surface area contributed by atoms with Crippen LogP contribution >= 0.6 is 23.1 Å². The van der Waals surface area contributed by atoms with Gasteiger partial charge in [0.05, 0.1) is 10.2 Å². The van der Waals surface area contributed by atoms with E-state index >= 15 is 0 Å². The molecule has 1 aliphatic rings. The third kappa shape index (κ3) is 3.31. The number of aryl methyl sites for hydroxylation is 2. The fourth-order valence-electron chi connectivity index (χ4n) is 4.10. The quantitative estimate of drug-likeness (QED) is 0.379.